The first-order valence-corrected chi connectivity index (χ1v) is 7.77. The molecule has 0 bridgehead atoms. The van der Waals surface area contributed by atoms with Crippen LogP contribution < -0.4 is 19.5 Å². The summed E-state index contributed by atoms with van der Waals surface area (Å²) in [7, 11) is 3.11. The van der Waals surface area contributed by atoms with Gasteiger partial charge in [0, 0.05) is 28.4 Å². The largest absolute Gasteiger partial charge is 0.496 e. The van der Waals surface area contributed by atoms with E-state index < -0.39 is 6.10 Å². The van der Waals surface area contributed by atoms with Crippen LogP contribution >= 0.6 is 15.9 Å². The fourth-order valence-corrected chi connectivity index (χ4v) is 2.32. The second kappa shape index (κ2) is 7.87. The van der Waals surface area contributed by atoms with Gasteiger partial charge in [0.05, 0.1) is 14.2 Å². The molecular weight excluding hydrogens is 362 g/mol. The van der Waals surface area contributed by atoms with E-state index in [0.29, 0.717) is 22.9 Å². The summed E-state index contributed by atoms with van der Waals surface area (Å²) in [5.41, 5.74) is 0.697. The lowest BCUT2D eigenvalue weighted by Gasteiger charge is -2.16. The highest BCUT2D eigenvalue weighted by Crippen LogP contribution is 2.28. The highest BCUT2D eigenvalue weighted by Gasteiger charge is 2.16. The van der Waals surface area contributed by atoms with Crippen LogP contribution in [0.1, 0.15) is 6.92 Å². The molecule has 2 aromatic carbocycles. The van der Waals surface area contributed by atoms with Gasteiger partial charge in [-0.25, -0.2) is 0 Å². The van der Waals surface area contributed by atoms with Crippen molar-refractivity contribution < 1.29 is 19.0 Å². The average Bonchev–Trinajstić information content (AvgIpc) is 2.54. The summed E-state index contributed by atoms with van der Waals surface area (Å²) in [6, 6.07) is 12.5. The van der Waals surface area contributed by atoms with E-state index in [1.54, 1.807) is 39.3 Å². The number of nitrogens with one attached hydrogen (secondary N) is 1. The maximum Gasteiger partial charge on any atom is 0.265 e. The zero-order valence-corrected chi connectivity index (χ0v) is 14.7. The smallest absolute Gasteiger partial charge is 0.265 e. The average molecular weight is 380 g/mol. The third kappa shape index (κ3) is 4.89. The molecule has 0 fully saturated rings. The number of halogens is 1. The molecule has 2 aromatic rings. The van der Waals surface area contributed by atoms with Crippen LogP contribution in [0.5, 0.6) is 17.2 Å². The lowest BCUT2D eigenvalue weighted by molar-refractivity contribution is -0.122. The van der Waals surface area contributed by atoms with Crippen molar-refractivity contribution in [1.29, 1.82) is 0 Å². The Bertz CT molecular complexity index is 668. The molecule has 1 unspecified atom stereocenters. The molecule has 0 aliphatic rings. The van der Waals surface area contributed by atoms with E-state index in [0.717, 1.165) is 4.47 Å². The van der Waals surface area contributed by atoms with Gasteiger partial charge in [-0.3, -0.25) is 4.79 Å². The normalized spacial score (nSPS) is 11.5. The molecule has 23 heavy (non-hydrogen) atoms. The van der Waals surface area contributed by atoms with E-state index in [-0.39, 0.29) is 5.91 Å². The van der Waals surface area contributed by atoms with Gasteiger partial charge >= 0.3 is 0 Å². The zero-order chi connectivity index (χ0) is 16.8. The number of carbonyl (C=O) groups excluding carboxylic acids is 1. The standard InChI is InChI=1S/C17H18BrNO4/c1-11(17(20)19-13-6-4-5-12(18)7-13)23-16-9-14(21-2)8-15(10-16)22-3/h4-11H,1-3H3,(H,19,20). The number of hydrogen-bond donors (Lipinski definition) is 1. The molecule has 0 spiro atoms. The van der Waals surface area contributed by atoms with Gasteiger partial charge in [-0.2, -0.15) is 0 Å². The molecule has 1 amide bonds. The van der Waals surface area contributed by atoms with E-state index in [9.17, 15) is 4.79 Å². The Morgan fingerprint density at radius 2 is 1.65 bits per heavy atom. The van der Waals surface area contributed by atoms with E-state index in [1.165, 1.54) is 0 Å². The van der Waals surface area contributed by atoms with Crippen LogP contribution in [0.15, 0.2) is 46.9 Å². The van der Waals surface area contributed by atoms with Crippen LogP contribution in [-0.2, 0) is 4.79 Å². The molecule has 1 N–H and O–H groups in total. The van der Waals surface area contributed by atoms with Crippen molar-refractivity contribution in [2.45, 2.75) is 13.0 Å². The van der Waals surface area contributed by atoms with Gasteiger partial charge in [0.1, 0.15) is 17.2 Å². The Labute approximate surface area is 143 Å². The van der Waals surface area contributed by atoms with Crippen molar-refractivity contribution in [2.75, 3.05) is 19.5 Å². The quantitative estimate of drug-likeness (QED) is 0.827. The first kappa shape index (κ1) is 17.1. The SMILES string of the molecule is COc1cc(OC)cc(OC(C)C(=O)Nc2cccc(Br)c2)c1. The van der Waals surface area contributed by atoms with Crippen LogP contribution in [-0.4, -0.2) is 26.2 Å². The van der Waals surface area contributed by atoms with Crippen molar-refractivity contribution in [3.8, 4) is 17.2 Å². The highest BCUT2D eigenvalue weighted by molar-refractivity contribution is 9.10. The minimum absolute atomic E-state index is 0.245. The van der Waals surface area contributed by atoms with Crippen molar-refractivity contribution in [1.82, 2.24) is 0 Å². The molecular formula is C17H18BrNO4. The van der Waals surface area contributed by atoms with Crippen molar-refractivity contribution in [3.63, 3.8) is 0 Å². The van der Waals surface area contributed by atoms with Gasteiger partial charge in [-0.15, -0.1) is 0 Å². The topological polar surface area (TPSA) is 56.8 Å². The maximum atomic E-state index is 12.2. The predicted molar refractivity (Wildman–Crippen MR) is 92.4 cm³/mol. The van der Waals surface area contributed by atoms with Crippen LogP contribution in [0, 0.1) is 0 Å². The summed E-state index contributed by atoms with van der Waals surface area (Å²) >= 11 is 3.36. The molecule has 122 valence electrons. The third-order valence-corrected chi connectivity index (χ3v) is 3.59. The zero-order valence-electron chi connectivity index (χ0n) is 13.1. The van der Waals surface area contributed by atoms with Crippen LogP contribution in [0.3, 0.4) is 0 Å². The molecule has 0 aliphatic heterocycles. The monoisotopic (exact) mass is 379 g/mol. The van der Waals surface area contributed by atoms with Gasteiger partial charge in [-0.05, 0) is 25.1 Å². The van der Waals surface area contributed by atoms with Gasteiger partial charge < -0.3 is 19.5 Å². The van der Waals surface area contributed by atoms with E-state index in [2.05, 4.69) is 21.2 Å². The highest BCUT2D eigenvalue weighted by atomic mass is 79.9. The summed E-state index contributed by atoms with van der Waals surface area (Å²) in [4.78, 5) is 12.2. The Kier molecular flexibility index (Phi) is 5.87. The fraction of sp³-hybridized carbons (Fsp3) is 0.235. The number of carbonyl (C=O) groups is 1. The summed E-state index contributed by atoms with van der Waals surface area (Å²) < 4.78 is 16.9. The summed E-state index contributed by atoms with van der Waals surface area (Å²) in [5.74, 6) is 1.45. The Morgan fingerprint density at radius 1 is 1.04 bits per heavy atom. The van der Waals surface area contributed by atoms with Gasteiger partial charge in [0.2, 0.25) is 0 Å². The second-order valence-electron chi connectivity index (χ2n) is 4.81. The minimum Gasteiger partial charge on any atom is -0.496 e. The van der Waals surface area contributed by atoms with Crippen molar-refractivity contribution >= 4 is 27.5 Å². The maximum absolute atomic E-state index is 12.2. The molecule has 5 nitrogen and oxygen atoms in total. The van der Waals surface area contributed by atoms with Crippen LogP contribution in [0.25, 0.3) is 0 Å². The lowest BCUT2D eigenvalue weighted by atomic mass is 10.2. The van der Waals surface area contributed by atoms with Crippen molar-refractivity contribution in [2.24, 2.45) is 0 Å². The Hall–Kier alpha value is -2.21. The number of amides is 1. The molecule has 6 heteroatoms. The number of methoxy groups -OCH3 is 2. The summed E-state index contributed by atoms with van der Waals surface area (Å²) in [6.07, 6.45) is -0.675. The molecule has 0 heterocycles. The first-order valence-electron chi connectivity index (χ1n) is 6.98. The lowest BCUT2D eigenvalue weighted by Crippen LogP contribution is -2.30. The fourth-order valence-electron chi connectivity index (χ4n) is 1.92. The molecule has 0 radical (unpaired) electrons. The number of benzene rings is 2. The molecule has 2 rings (SSSR count). The van der Waals surface area contributed by atoms with Crippen LogP contribution in [0.4, 0.5) is 5.69 Å². The number of ether oxygens (including phenoxy) is 3. The number of hydrogen-bond acceptors (Lipinski definition) is 4. The Balaban J connectivity index is 2.06. The molecule has 0 saturated carbocycles. The van der Waals surface area contributed by atoms with Gasteiger partial charge in [-0.1, -0.05) is 22.0 Å². The van der Waals surface area contributed by atoms with E-state index in [1.807, 2.05) is 24.3 Å². The Morgan fingerprint density at radius 3 is 2.22 bits per heavy atom. The third-order valence-electron chi connectivity index (χ3n) is 3.10. The summed E-state index contributed by atoms with van der Waals surface area (Å²) in [6.45, 7) is 1.68. The molecule has 0 aromatic heterocycles. The summed E-state index contributed by atoms with van der Waals surface area (Å²) in [5, 5.41) is 2.80. The minimum atomic E-state index is -0.675. The predicted octanol–water partition coefficient (Wildman–Crippen LogP) is 3.87. The second-order valence-corrected chi connectivity index (χ2v) is 5.72. The molecule has 0 aliphatic carbocycles. The van der Waals surface area contributed by atoms with E-state index in [4.69, 9.17) is 14.2 Å². The van der Waals surface area contributed by atoms with Gasteiger partial charge in [0.25, 0.3) is 5.91 Å². The number of rotatable bonds is 6. The van der Waals surface area contributed by atoms with Crippen LogP contribution in [0.2, 0.25) is 0 Å². The van der Waals surface area contributed by atoms with E-state index >= 15 is 0 Å². The first-order chi connectivity index (χ1) is 11.0. The molecule has 0 saturated heterocycles. The molecule has 1 atom stereocenters. The van der Waals surface area contributed by atoms with Crippen molar-refractivity contribution in [3.05, 3.63) is 46.9 Å². The van der Waals surface area contributed by atoms with Gasteiger partial charge in [0.15, 0.2) is 6.10 Å². The number of anilines is 1.